The summed E-state index contributed by atoms with van der Waals surface area (Å²) in [6.45, 7) is 4.06. The van der Waals surface area contributed by atoms with Crippen molar-refractivity contribution in [1.29, 1.82) is 0 Å². The number of hydrogen-bond donors (Lipinski definition) is 0. The van der Waals surface area contributed by atoms with Crippen LogP contribution < -0.4 is 0 Å². The second kappa shape index (κ2) is 4.29. The Kier molecular flexibility index (Phi) is 3.03. The van der Waals surface area contributed by atoms with Gasteiger partial charge in [-0.2, -0.15) is 0 Å². The van der Waals surface area contributed by atoms with Crippen LogP contribution in [0.15, 0.2) is 18.2 Å². The molecule has 2 rings (SSSR count). The number of nitrogens with zero attached hydrogens (tertiary/aromatic N) is 2. The molecule has 0 amide bonds. The van der Waals surface area contributed by atoms with E-state index in [-0.39, 0.29) is 0 Å². The van der Waals surface area contributed by atoms with E-state index in [1.165, 1.54) is 4.88 Å². The number of aryl methyl sites for hydroxylation is 2. The van der Waals surface area contributed by atoms with E-state index in [1.54, 1.807) is 17.4 Å². The zero-order valence-electron chi connectivity index (χ0n) is 8.62. The number of aromatic nitrogens is 2. The van der Waals surface area contributed by atoms with Crippen LogP contribution in [0.5, 0.6) is 0 Å². The molecule has 0 spiro atoms. The largest absolute Gasteiger partial charge is 0.233 e. The minimum Gasteiger partial charge on any atom is -0.233 e. The van der Waals surface area contributed by atoms with E-state index in [1.807, 2.05) is 6.92 Å². The van der Waals surface area contributed by atoms with Crippen molar-refractivity contribution in [2.45, 2.75) is 20.3 Å². The van der Waals surface area contributed by atoms with Crippen molar-refractivity contribution in [2.75, 3.05) is 0 Å². The van der Waals surface area contributed by atoms with Crippen LogP contribution in [0.3, 0.4) is 0 Å². The van der Waals surface area contributed by atoms with E-state index in [9.17, 15) is 0 Å². The lowest BCUT2D eigenvalue weighted by Crippen LogP contribution is -1.89. The van der Waals surface area contributed by atoms with Crippen molar-refractivity contribution in [2.24, 2.45) is 0 Å². The molecule has 0 unspecified atom stereocenters. The molecule has 4 heteroatoms. The Labute approximate surface area is 98.0 Å². The van der Waals surface area contributed by atoms with Gasteiger partial charge in [0, 0.05) is 10.6 Å². The van der Waals surface area contributed by atoms with E-state index in [2.05, 4.69) is 29.0 Å². The summed E-state index contributed by atoms with van der Waals surface area (Å²) in [5.41, 5.74) is 0.899. The summed E-state index contributed by atoms with van der Waals surface area (Å²) in [5, 5.41) is 0.504. The molecule has 0 aliphatic heterocycles. The van der Waals surface area contributed by atoms with E-state index in [0.717, 1.165) is 22.8 Å². The van der Waals surface area contributed by atoms with Gasteiger partial charge >= 0.3 is 0 Å². The van der Waals surface area contributed by atoms with Crippen LogP contribution in [0.2, 0.25) is 5.15 Å². The summed E-state index contributed by atoms with van der Waals surface area (Å²) in [6, 6.07) is 5.92. The van der Waals surface area contributed by atoms with Crippen LogP contribution in [-0.2, 0) is 6.42 Å². The van der Waals surface area contributed by atoms with Gasteiger partial charge in [-0.05, 0) is 31.5 Å². The standard InChI is InChI=1S/C11H11ClN2S/c1-3-8-4-5-9(15-8)11-13-7(2)6-10(12)14-11/h4-6H,3H2,1-2H3. The summed E-state index contributed by atoms with van der Waals surface area (Å²) >= 11 is 7.61. The van der Waals surface area contributed by atoms with Crippen molar-refractivity contribution in [3.8, 4) is 10.7 Å². The molecule has 0 radical (unpaired) electrons. The molecule has 2 nitrogen and oxygen atoms in total. The number of hydrogen-bond acceptors (Lipinski definition) is 3. The highest BCUT2D eigenvalue weighted by Crippen LogP contribution is 2.26. The zero-order valence-corrected chi connectivity index (χ0v) is 10.2. The molecular weight excluding hydrogens is 228 g/mol. The van der Waals surface area contributed by atoms with Gasteiger partial charge in [0.05, 0.1) is 4.88 Å². The van der Waals surface area contributed by atoms with Crippen LogP contribution in [-0.4, -0.2) is 9.97 Å². The minimum absolute atomic E-state index is 0.504. The summed E-state index contributed by atoms with van der Waals surface area (Å²) in [6.07, 6.45) is 1.05. The van der Waals surface area contributed by atoms with Crippen LogP contribution in [0, 0.1) is 6.92 Å². The molecule has 0 saturated heterocycles. The van der Waals surface area contributed by atoms with Gasteiger partial charge in [0.2, 0.25) is 0 Å². The van der Waals surface area contributed by atoms with Crippen LogP contribution in [0.1, 0.15) is 17.5 Å². The molecule has 2 heterocycles. The average Bonchev–Trinajstić information content (AvgIpc) is 2.64. The van der Waals surface area contributed by atoms with Gasteiger partial charge in [0.15, 0.2) is 5.82 Å². The normalized spacial score (nSPS) is 10.6. The topological polar surface area (TPSA) is 25.8 Å². The molecule has 2 aromatic heterocycles. The maximum Gasteiger partial charge on any atom is 0.171 e. The minimum atomic E-state index is 0.504. The first kappa shape index (κ1) is 10.6. The number of thiophene rings is 1. The highest BCUT2D eigenvalue weighted by molar-refractivity contribution is 7.15. The molecule has 0 aliphatic carbocycles. The molecule has 2 aromatic rings. The molecule has 15 heavy (non-hydrogen) atoms. The van der Waals surface area contributed by atoms with E-state index >= 15 is 0 Å². The molecule has 0 fully saturated rings. The molecule has 0 aromatic carbocycles. The van der Waals surface area contributed by atoms with Gasteiger partial charge in [-0.3, -0.25) is 0 Å². The quantitative estimate of drug-likeness (QED) is 0.745. The molecule has 0 atom stereocenters. The lowest BCUT2D eigenvalue weighted by Gasteiger charge is -1.98. The van der Waals surface area contributed by atoms with Crippen molar-refractivity contribution in [3.63, 3.8) is 0 Å². The van der Waals surface area contributed by atoms with Crippen LogP contribution in [0.4, 0.5) is 0 Å². The van der Waals surface area contributed by atoms with Crippen molar-refractivity contribution in [3.05, 3.63) is 33.9 Å². The fourth-order valence-electron chi connectivity index (χ4n) is 1.33. The second-order valence-corrected chi connectivity index (χ2v) is 4.83. The monoisotopic (exact) mass is 238 g/mol. The van der Waals surface area contributed by atoms with E-state index < -0.39 is 0 Å². The average molecular weight is 239 g/mol. The predicted molar refractivity (Wildman–Crippen MR) is 64.5 cm³/mol. The lowest BCUT2D eigenvalue weighted by molar-refractivity contribution is 1.12. The fourth-order valence-corrected chi connectivity index (χ4v) is 2.45. The van der Waals surface area contributed by atoms with Crippen molar-refractivity contribution < 1.29 is 0 Å². The third kappa shape index (κ3) is 2.36. The first-order valence-electron chi connectivity index (χ1n) is 4.79. The van der Waals surface area contributed by atoms with Crippen LogP contribution in [0.25, 0.3) is 10.7 Å². The number of rotatable bonds is 2. The van der Waals surface area contributed by atoms with Crippen LogP contribution >= 0.6 is 22.9 Å². The first-order valence-corrected chi connectivity index (χ1v) is 5.98. The fraction of sp³-hybridized carbons (Fsp3) is 0.273. The third-order valence-electron chi connectivity index (χ3n) is 2.05. The first-order chi connectivity index (χ1) is 7.19. The van der Waals surface area contributed by atoms with Crippen molar-refractivity contribution >= 4 is 22.9 Å². The Hall–Kier alpha value is -0.930. The summed E-state index contributed by atoms with van der Waals surface area (Å²) in [5.74, 6) is 0.727. The maximum absolute atomic E-state index is 5.89. The lowest BCUT2D eigenvalue weighted by atomic mass is 10.3. The smallest absolute Gasteiger partial charge is 0.171 e. The molecule has 0 N–H and O–H groups in total. The maximum atomic E-state index is 5.89. The molecular formula is C11H11ClN2S. The van der Waals surface area contributed by atoms with Gasteiger partial charge in [-0.25, -0.2) is 9.97 Å². The highest BCUT2D eigenvalue weighted by atomic mass is 35.5. The van der Waals surface area contributed by atoms with E-state index in [0.29, 0.717) is 5.15 Å². The highest BCUT2D eigenvalue weighted by Gasteiger charge is 2.06. The van der Waals surface area contributed by atoms with E-state index in [4.69, 9.17) is 11.6 Å². The zero-order chi connectivity index (χ0) is 10.8. The SMILES string of the molecule is CCc1ccc(-c2nc(C)cc(Cl)n2)s1. The Morgan fingerprint density at radius 3 is 2.73 bits per heavy atom. The summed E-state index contributed by atoms with van der Waals surface area (Å²) in [4.78, 5) is 11.0. The molecule has 0 bridgehead atoms. The Balaban J connectivity index is 2.44. The van der Waals surface area contributed by atoms with Gasteiger partial charge in [-0.1, -0.05) is 18.5 Å². The van der Waals surface area contributed by atoms with Gasteiger partial charge < -0.3 is 0 Å². The van der Waals surface area contributed by atoms with Gasteiger partial charge in [0.1, 0.15) is 5.15 Å². The molecule has 0 aliphatic rings. The number of halogens is 1. The summed E-state index contributed by atoms with van der Waals surface area (Å²) < 4.78 is 0. The van der Waals surface area contributed by atoms with Crippen molar-refractivity contribution in [1.82, 2.24) is 9.97 Å². The third-order valence-corrected chi connectivity index (χ3v) is 3.47. The van der Waals surface area contributed by atoms with Gasteiger partial charge in [-0.15, -0.1) is 11.3 Å². The predicted octanol–water partition coefficient (Wildman–Crippen LogP) is 3.73. The Morgan fingerprint density at radius 1 is 1.33 bits per heavy atom. The summed E-state index contributed by atoms with van der Waals surface area (Å²) in [7, 11) is 0. The molecule has 78 valence electrons. The second-order valence-electron chi connectivity index (χ2n) is 3.28. The Bertz CT molecular complexity index is 459. The molecule has 0 saturated carbocycles. The van der Waals surface area contributed by atoms with Gasteiger partial charge in [0.25, 0.3) is 0 Å². The Morgan fingerprint density at radius 2 is 2.13 bits per heavy atom.